The molecule has 3 aromatic rings. The lowest BCUT2D eigenvalue weighted by Crippen LogP contribution is -2.23. The minimum Gasteiger partial charge on any atom is -0.496 e. The van der Waals surface area contributed by atoms with E-state index in [1.54, 1.807) is 28.8 Å². The van der Waals surface area contributed by atoms with Gasteiger partial charge in [-0.2, -0.15) is 0 Å². The molecule has 0 radical (unpaired) electrons. The third-order valence-corrected chi connectivity index (χ3v) is 5.99. The SMILES string of the molecule is COc1ccc([N+](=O)[O-])cc1CSc1nc2ccccc2c(=O)n1CCCCCC(N)=O. The number of primary amides is 1. The number of carbonyl (C=O) groups excluding carboxylic acids is 1. The van der Waals surface area contributed by atoms with Crippen LogP contribution in [0.25, 0.3) is 10.9 Å². The Balaban J connectivity index is 1.88. The van der Waals surface area contributed by atoms with Crippen LogP contribution in [-0.2, 0) is 17.1 Å². The molecule has 0 fully saturated rings. The number of para-hydroxylation sites is 1. The number of methoxy groups -OCH3 is 1. The highest BCUT2D eigenvalue weighted by Crippen LogP contribution is 2.30. The molecular formula is C22H24N4O5S. The largest absolute Gasteiger partial charge is 0.496 e. The number of amides is 1. The Kier molecular flexibility index (Phi) is 7.82. The molecule has 3 rings (SSSR count). The second-order valence-electron chi connectivity index (χ2n) is 7.19. The van der Waals surface area contributed by atoms with Crippen molar-refractivity contribution in [1.29, 1.82) is 0 Å². The molecule has 1 heterocycles. The first-order valence-electron chi connectivity index (χ1n) is 10.1. The Morgan fingerprint density at radius 2 is 2.00 bits per heavy atom. The van der Waals surface area contributed by atoms with E-state index in [1.165, 1.54) is 31.0 Å². The fourth-order valence-electron chi connectivity index (χ4n) is 3.33. The molecule has 1 aromatic heterocycles. The zero-order valence-corrected chi connectivity index (χ0v) is 18.5. The predicted molar refractivity (Wildman–Crippen MR) is 123 cm³/mol. The Labute approximate surface area is 188 Å². The molecule has 0 aliphatic heterocycles. The highest BCUT2D eigenvalue weighted by molar-refractivity contribution is 7.98. The normalized spacial score (nSPS) is 10.9. The quantitative estimate of drug-likeness (QED) is 0.153. The van der Waals surface area contributed by atoms with E-state index < -0.39 is 4.92 Å². The van der Waals surface area contributed by atoms with Gasteiger partial charge in [-0.3, -0.25) is 24.3 Å². The number of thioether (sulfide) groups is 1. The van der Waals surface area contributed by atoms with Crippen LogP contribution in [0.2, 0.25) is 0 Å². The van der Waals surface area contributed by atoms with Crippen LogP contribution in [0.4, 0.5) is 5.69 Å². The maximum Gasteiger partial charge on any atom is 0.270 e. The summed E-state index contributed by atoms with van der Waals surface area (Å²) in [6.45, 7) is 0.448. The summed E-state index contributed by atoms with van der Waals surface area (Å²) in [6, 6.07) is 11.6. The highest BCUT2D eigenvalue weighted by atomic mass is 32.2. The summed E-state index contributed by atoms with van der Waals surface area (Å²) >= 11 is 1.32. The fraction of sp³-hybridized carbons (Fsp3) is 0.318. The zero-order chi connectivity index (χ0) is 23.1. The second-order valence-corrected chi connectivity index (χ2v) is 8.13. The molecule has 10 heteroatoms. The lowest BCUT2D eigenvalue weighted by Gasteiger charge is -2.14. The number of nitro groups is 1. The van der Waals surface area contributed by atoms with Crippen molar-refractivity contribution in [2.45, 2.75) is 43.1 Å². The second kappa shape index (κ2) is 10.8. The van der Waals surface area contributed by atoms with Crippen LogP contribution in [0.3, 0.4) is 0 Å². The van der Waals surface area contributed by atoms with Gasteiger partial charge in [0.05, 0.1) is 22.9 Å². The van der Waals surface area contributed by atoms with Crippen molar-refractivity contribution in [3.63, 3.8) is 0 Å². The molecule has 0 unspecified atom stereocenters. The smallest absolute Gasteiger partial charge is 0.270 e. The van der Waals surface area contributed by atoms with Gasteiger partial charge in [0.25, 0.3) is 11.2 Å². The summed E-state index contributed by atoms with van der Waals surface area (Å²) in [7, 11) is 1.51. The molecule has 0 atom stereocenters. The van der Waals surface area contributed by atoms with Crippen molar-refractivity contribution in [2.24, 2.45) is 5.73 Å². The number of unbranched alkanes of at least 4 members (excludes halogenated alkanes) is 2. The average molecular weight is 457 g/mol. The van der Waals surface area contributed by atoms with Gasteiger partial charge in [0.1, 0.15) is 5.75 Å². The Morgan fingerprint density at radius 3 is 2.72 bits per heavy atom. The van der Waals surface area contributed by atoms with Gasteiger partial charge < -0.3 is 10.5 Å². The minimum absolute atomic E-state index is 0.0280. The number of non-ortho nitro benzene ring substituents is 1. The first-order valence-corrected chi connectivity index (χ1v) is 11.1. The van der Waals surface area contributed by atoms with E-state index in [0.29, 0.717) is 58.9 Å². The van der Waals surface area contributed by atoms with Gasteiger partial charge in [-0.05, 0) is 31.0 Å². The van der Waals surface area contributed by atoms with E-state index in [1.807, 2.05) is 6.07 Å². The van der Waals surface area contributed by atoms with Gasteiger partial charge in [-0.1, -0.05) is 30.3 Å². The molecule has 2 N–H and O–H groups in total. The van der Waals surface area contributed by atoms with Crippen LogP contribution < -0.4 is 16.0 Å². The molecule has 0 saturated carbocycles. The summed E-state index contributed by atoms with van der Waals surface area (Å²) < 4.78 is 6.97. The molecule has 1 amide bonds. The van der Waals surface area contributed by atoms with Crippen molar-refractivity contribution in [3.8, 4) is 5.75 Å². The molecule has 168 valence electrons. The first kappa shape index (κ1) is 23.3. The lowest BCUT2D eigenvalue weighted by molar-refractivity contribution is -0.384. The number of carbonyl (C=O) groups is 1. The van der Waals surface area contributed by atoms with Crippen LogP contribution in [0.5, 0.6) is 5.75 Å². The van der Waals surface area contributed by atoms with Gasteiger partial charge in [0, 0.05) is 36.4 Å². The third kappa shape index (κ3) is 5.64. The molecule has 0 spiro atoms. The number of ether oxygens (including phenoxy) is 1. The molecular weight excluding hydrogens is 432 g/mol. The fourth-order valence-corrected chi connectivity index (χ4v) is 4.34. The van der Waals surface area contributed by atoms with Crippen LogP contribution in [-0.4, -0.2) is 27.5 Å². The Bertz CT molecular complexity index is 1190. The molecule has 0 aliphatic carbocycles. The first-order chi connectivity index (χ1) is 15.4. The van der Waals surface area contributed by atoms with E-state index in [9.17, 15) is 19.7 Å². The number of rotatable bonds is 11. The minimum atomic E-state index is -0.454. The molecule has 32 heavy (non-hydrogen) atoms. The Hall–Kier alpha value is -3.40. The van der Waals surface area contributed by atoms with Gasteiger partial charge in [-0.15, -0.1) is 0 Å². The summed E-state index contributed by atoms with van der Waals surface area (Å²) in [5.74, 6) is 0.540. The number of benzene rings is 2. The van der Waals surface area contributed by atoms with Crippen LogP contribution in [0.15, 0.2) is 52.4 Å². The monoisotopic (exact) mass is 456 g/mol. The van der Waals surface area contributed by atoms with Gasteiger partial charge in [0.2, 0.25) is 5.91 Å². The number of nitro benzene ring substituents is 1. The number of hydrogen-bond acceptors (Lipinski definition) is 7. The van der Waals surface area contributed by atoms with Crippen molar-refractivity contribution < 1.29 is 14.5 Å². The molecule has 0 saturated heterocycles. The van der Waals surface area contributed by atoms with E-state index in [2.05, 4.69) is 4.98 Å². The molecule has 2 aromatic carbocycles. The maximum absolute atomic E-state index is 13.1. The predicted octanol–water partition coefficient (Wildman–Crippen LogP) is 3.65. The van der Waals surface area contributed by atoms with Gasteiger partial charge >= 0.3 is 0 Å². The molecule has 9 nitrogen and oxygen atoms in total. The van der Waals surface area contributed by atoms with Gasteiger partial charge in [0.15, 0.2) is 5.16 Å². The Morgan fingerprint density at radius 1 is 1.22 bits per heavy atom. The van der Waals surface area contributed by atoms with Crippen molar-refractivity contribution in [2.75, 3.05) is 7.11 Å². The number of nitrogens with zero attached hydrogens (tertiary/aromatic N) is 3. The van der Waals surface area contributed by atoms with E-state index in [4.69, 9.17) is 10.5 Å². The zero-order valence-electron chi connectivity index (χ0n) is 17.7. The van der Waals surface area contributed by atoms with Crippen LogP contribution in [0, 0.1) is 10.1 Å². The average Bonchev–Trinajstić information content (AvgIpc) is 2.78. The molecule has 0 aliphatic rings. The van der Waals surface area contributed by atoms with E-state index in [-0.39, 0.29) is 17.2 Å². The number of hydrogen-bond donors (Lipinski definition) is 1. The maximum atomic E-state index is 13.1. The van der Waals surface area contributed by atoms with Crippen LogP contribution >= 0.6 is 11.8 Å². The van der Waals surface area contributed by atoms with Gasteiger partial charge in [-0.25, -0.2) is 4.98 Å². The summed E-state index contributed by atoms with van der Waals surface area (Å²) in [5, 5.41) is 12.2. The summed E-state index contributed by atoms with van der Waals surface area (Å²) in [6.07, 6.45) is 2.43. The topological polar surface area (TPSA) is 130 Å². The number of nitrogens with two attached hydrogens (primary N) is 1. The highest BCUT2D eigenvalue weighted by Gasteiger charge is 2.15. The summed E-state index contributed by atoms with van der Waals surface area (Å²) in [4.78, 5) is 39.4. The number of fused-ring (bicyclic) bond motifs is 1. The standard InChI is InChI=1S/C22H24N4O5S/c1-31-19-11-10-16(26(29)30)13-15(19)14-32-22-24-18-8-5-4-7-17(18)21(28)25(22)12-6-2-3-9-20(23)27/h4-5,7-8,10-11,13H,2-3,6,9,12,14H2,1H3,(H2,23,27). The van der Waals surface area contributed by atoms with E-state index >= 15 is 0 Å². The third-order valence-electron chi connectivity index (χ3n) is 4.96. The molecule has 0 bridgehead atoms. The van der Waals surface area contributed by atoms with Crippen molar-refractivity contribution >= 4 is 34.3 Å². The van der Waals surface area contributed by atoms with Crippen molar-refractivity contribution in [3.05, 3.63) is 68.5 Å². The lowest BCUT2D eigenvalue weighted by atomic mass is 10.2. The van der Waals surface area contributed by atoms with E-state index in [0.717, 1.165) is 6.42 Å². The number of aromatic nitrogens is 2. The summed E-state index contributed by atoms with van der Waals surface area (Å²) in [5.41, 5.74) is 6.25. The van der Waals surface area contributed by atoms with Crippen molar-refractivity contribution in [1.82, 2.24) is 9.55 Å². The van der Waals surface area contributed by atoms with Crippen LogP contribution in [0.1, 0.15) is 31.2 Å².